The number of piperidine rings is 1. The average molecular weight is 829 g/mol. The van der Waals surface area contributed by atoms with Gasteiger partial charge in [0.1, 0.15) is 17.6 Å². The highest BCUT2D eigenvalue weighted by Crippen LogP contribution is 2.33. The molecule has 2 unspecified atom stereocenters. The van der Waals surface area contributed by atoms with Gasteiger partial charge in [0, 0.05) is 68.4 Å². The van der Waals surface area contributed by atoms with E-state index in [1.807, 2.05) is 26.0 Å². The highest BCUT2D eigenvalue weighted by atomic mass is 16.5. The minimum atomic E-state index is -1.01. The molecule has 0 bridgehead atoms. The number of unbranched alkanes of at least 4 members (excludes halogenated alkanes) is 2. The standard InChI is InChI=1S/C46H52N8O7/c1-28(52-22-24-60-25-23-52)27-53-37-17-14-32(42-29(2)51-61-30(42)3)26-36(37)49-39(53)19-13-31-11-15-33(16-12-31)48-40(55)10-5-4-6-21-47-35-9-7-8-34-43(35)46(59)54(45(34)58)38-18-20-41(56)50-44(38)57/h7-9,11-12,14-17,26,28,38,47H,4-6,10,13,18-25,27H2,1-3H3,(H,48,55)(H,50,56,57). The minimum absolute atomic E-state index is 0.0571. The summed E-state index contributed by atoms with van der Waals surface area (Å²) in [4.78, 5) is 72.0. The zero-order chi connectivity index (χ0) is 42.6. The molecule has 3 N–H and O–H groups in total. The van der Waals surface area contributed by atoms with E-state index < -0.39 is 29.7 Å². The number of rotatable bonds is 16. The van der Waals surface area contributed by atoms with Crippen molar-refractivity contribution in [3.05, 3.63) is 94.6 Å². The Morgan fingerprint density at radius 3 is 2.49 bits per heavy atom. The number of imide groups is 2. The third kappa shape index (κ3) is 8.98. The molecule has 8 rings (SSSR count). The number of nitrogens with zero attached hydrogens (tertiary/aromatic N) is 5. The largest absolute Gasteiger partial charge is 0.384 e. The molecule has 2 saturated heterocycles. The predicted molar refractivity (Wildman–Crippen MR) is 229 cm³/mol. The summed E-state index contributed by atoms with van der Waals surface area (Å²) in [6.45, 7) is 10.9. The molecule has 0 radical (unpaired) electrons. The molecule has 2 atom stereocenters. The number of fused-ring (bicyclic) bond motifs is 2. The summed E-state index contributed by atoms with van der Waals surface area (Å²) in [6, 6.07) is 18.8. The van der Waals surface area contributed by atoms with Crippen molar-refractivity contribution in [1.82, 2.24) is 29.8 Å². The van der Waals surface area contributed by atoms with Gasteiger partial charge in [0.15, 0.2) is 0 Å². The van der Waals surface area contributed by atoms with Gasteiger partial charge in [-0.25, -0.2) is 4.98 Å². The molecular weight excluding hydrogens is 777 g/mol. The normalized spacial score (nSPS) is 17.5. The molecule has 0 aliphatic carbocycles. The van der Waals surface area contributed by atoms with Crippen molar-refractivity contribution in [3.8, 4) is 11.1 Å². The summed E-state index contributed by atoms with van der Waals surface area (Å²) in [7, 11) is 0. The number of aromatic nitrogens is 3. The van der Waals surface area contributed by atoms with Crippen LogP contribution in [0.25, 0.3) is 22.2 Å². The second-order valence-electron chi connectivity index (χ2n) is 16.2. The van der Waals surface area contributed by atoms with Crippen molar-refractivity contribution in [2.75, 3.05) is 43.5 Å². The number of imidazole rings is 1. The maximum atomic E-state index is 13.3. The number of hydrogen-bond acceptors (Lipinski definition) is 11. The first-order valence-corrected chi connectivity index (χ1v) is 21.3. The summed E-state index contributed by atoms with van der Waals surface area (Å²) in [5.41, 5.74) is 7.86. The molecule has 15 nitrogen and oxygen atoms in total. The topological polar surface area (TPSA) is 181 Å². The van der Waals surface area contributed by atoms with Crippen molar-refractivity contribution >= 4 is 51.9 Å². The third-order valence-corrected chi connectivity index (χ3v) is 12.0. The van der Waals surface area contributed by atoms with Crippen LogP contribution in [0, 0.1) is 13.8 Å². The molecule has 3 aromatic carbocycles. The smallest absolute Gasteiger partial charge is 0.264 e. The number of nitrogens with one attached hydrogen (secondary N) is 3. The zero-order valence-electron chi connectivity index (χ0n) is 34.9. The molecule has 2 aromatic heterocycles. The van der Waals surface area contributed by atoms with Gasteiger partial charge < -0.3 is 24.5 Å². The van der Waals surface area contributed by atoms with E-state index >= 15 is 0 Å². The molecule has 5 heterocycles. The Balaban J connectivity index is 0.818. The number of carbonyl (C=O) groups excluding carboxylic acids is 5. The monoisotopic (exact) mass is 828 g/mol. The molecule has 61 heavy (non-hydrogen) atoms. The lowest BCUT2D eigenvalue weighted by Gasteiger charge is -2.32. The van der Waals surface area contributed by atoms with Crippen molar-refractivity contribution in [3.63, 3.8) is 0 Å². The van der Waals surface area contributed by atoms with Crippen LogP contribution in [0.5, 0.6) is 0 Å². The average Bonchev–Trinajstić information content (AvgIpc) is 3.87. The Bertz CT molecular complexity index is 2450. The van der Waals surface area contributed by atoms with E-state index in [0.717, 1.165) is 114 Å². The van der Waals surface area contributed by atoms with Crippen LogP contribution in [0.3, 0.4) is 0 Å². The molecule has 3 aliphatic heterocycles. The number of hydrogen-bond donors (Lipinski definition) is 3. The third-order valence-electron chi connectivity index (χ3n) is 12.0. The lowest BCUT2D eigenvalue weighted by atomic mass is 10.0. The Labute approximate surface area is 354 Å². The summed E-state index contributed by atoms with van der Waals surface area (Å²) >= 11 is 0. The van der Waals surface area contributed by atoms with Crippen molar-refractivity contribution in [1.29, 1.82) is 0 Å². The first-order chi connectivity index (χ1) is 29.5. The highest BCUT2D eigenvalue weighted by molar-refractivity contribution is 6.25. The van der Waals surface area contributed by atoms with Gasteiger partial charge in [-0.3, -0.25) is 39.1 Å². The fourth-order valence-electron chi connectivity index (χ4n) is 8.73. The van der Waals surface area contributed by atoms with Crippen LogP contribution in [-0.4, -0.2) is 99.0 Å². The molecule has 318 valence electrons. The fraction of sp³-hybridized carbons (Fsp3) is 0.413. The SMILES string of the molecule is Cc1noc(C)c1-c1ccc2c(c1)nc(CCc1ccc(NC(=O)CCCCCNc3cccc4c3C(=O)N(C3CCC(=O)NC3=O)C4=O)cc1)n2CC(C)N1CCOCC1. The highest BCUT2D eigenvalue weighted by Gasteiger charge is 2.45. The van der Waals surface area contributed by atoms with E-state index in [9.17, 15) is 24.0 Å². The number of anilines is 2. The van der Waals surface area contributed by atoms with Crippen LogP contribution in [0.15, 0.2) is 65.2 Å². The number of morpholine rings is 1. The van der Waals surface area contributed by atoms with Gasteiger partial charge in [0.05, 0.1) is 41.1 Å². The molecule has 5 amide bonds. The number of amides is 5. The van der Waals surface area contributed by atoms with E-state index in [-0.39, 0.29) is 29.9 Å². The molecule has 2 fully saturated rings. The van der Waals surface area contributed by atoms with Gasteiger partial charge in [-0.2, -0.15) is 0 Å². The Morgan fingerprint density at radius 2 is 1.74 bits per heavy atom. The second-order valence-corrected chi connectivity index (χ2v) is 16.2. The first kappa shape index (κ1) is 41.5. The van der Waals surface area contributed by atoms with E-state index in [0.29, 0.717) is 31.1 Å². The lowest BCUT2D eigenvalue weighted by molar-refractivity contribution is -0.136. The summed E-state index contributed by atoms with van der Waals surface area (Å²) in [6.07, 6.45) is 4.30. The maximum absolute atomic E-state index is 13.3. The van der Waals surface area contributed by atoms with E-state index in [1.165, 1.54) is 0 Å². The van der Waals surface area contributed by atoms with Crippen molar-refractivity contribution < 1.29 is 33.2 Å². The first-order valence-electron chi connectivity index (χ1n) is 21.3. The van der Waals surface area contributed by atoms with Crippen molar-refractivity contribution in [2.24, 2.45) is 0 Å². The second kappa shape index (κ2) is 18.2. The van der Waals surface area contributed by atoms with Crippen LogP contribution in [-0.2, 0) is 38.5 Å². The molecule has 0 spiro atoms. The summed E-state index contributed by atoms with van der Waals surface area (Å²) in [5.74, 6) is -0.366. The summed E-state index contributed by atoms with van der Waals surface area (Å²) < 4.78 is 13.4. The molecule has 5 aromatic rings. The quantitative estimate of drug-likeness (QED) is 0.0805. The zero-order valence-corrected chi connectivity index (χ0v) is 34.9. The van der Waals surface area contributed by atoms with Crippen molar-refractivity contribution in [2.45, 2.75) is 90.8 Å². The molecule has 15 heteroatoms. The van der Waals surface area contributed by atoms with Gasteiger partial charge in [-0.05, 0) is 94.0 Å². The van der Waals surface area contributed by atoms with Crippen LogP contribution in [0.1, 0.15) is 89.0 Å². The number of benzene rings is 3. The molecule has 0 saturated carbocycles. The van der Waals surface area contributed by atoms with E-state index in [4.69, 9.17) is 14.2 Å². The Kier molecular flexibility index (Phi) is 12.4. The number of carbonyl (C=O) groups is 5. The van der Waals surface area contributed by atoms with Crippen LogP contribution in [0.2, 0.25) is 0 Å². The fourth-order valence-corrected chi connectivity index (χ4v) is 8.73. The number of aryl methyl sites for hydroxylation is 4. The summed E-state index contributed by atoms with van der Waals surface area (Å²) in [5, 5.41) is 12.7. The van der Waals surface area contributed by atoms with E-state index in [2.05, 4.69) is 67.8 Å². The Hall–Kier alpha value is -6.19. The van der Waals surface area contributed by atoms with Crippen LogP contribution < -0.4 is 16.0 Å². The van der Waals surface area contributed by atoms with Crippen LogP contribution in [0.4, 0.5) is 11.4 Å². The Morgan fingerprint density at radius 1 is 0.934 bits per heavy atom. The van der Waals surface area contributed by atoms with Gasteiger partial charge in [0.25, 0.3) is 11.8 Å². The van der Waals surface area contributed by atoms with Gasteiger partial charge in [0.2, 0.25) is 17.7 Å². The maximum Gasteiger partial charge on any atom is 0.264 e. The van der Waals surface area contributed by atoms with Crippen LogP contribution >= 0.6 is 0 Å². The van der Waals surface area contributed by atoms with E-state index in [1.54, 1.807) is 18.2 Å². The van der Waals surface area contributed by atoms with Gasteiger partial charge in [-0.1, -0.05) is 35.8 Å². The number of ether oxygens (including phenoxy) is 1. The predicted octanol–water partition coefficient (Wildman–Crippen LogP) is 5.83. The molecule has 3 aliphatic rings. The van der Waals surface area contributed by atoms with Gasteiger partial charge >= 0.3 is 0 Å². The molecular formula is C46H52N8O7. The lowest BCUT2D eigenvalue weighted by Crippen LogP contribution is -2.54. The minimum Gasteiger partial charge on any atom is -0.384 e. The van der Waals surface area contributed by atoms with Gasteiger partial charge in [-0.15, -0.1) is 0 Å².